The van der Waals surface area contributed by atoms with E-state index in [1.165, 1.54) is 16.4 Å². The normalized spacial score (nSPS) is 21.6. The van der Waals surface area contributed by atoms with Gasteiger partial charge in [-0.1, -0.05) is 23.2 Å². The van der Waals surface area contributed by atoms with Crippen LogP contribution in [-0.4, -0.2) is 38.7 Å². The highest BCUT2D eigenvalue weighted by molar-refractivity contribution is 7.88. The van der Waals surface area contributed by atoms with Crippen LogP contribution in [0.2, 0.25) is 10.0 Å². The van der Waals surface area contributed by atoms with E-state index in [0.29, 0.717) is 5.56 Å². The summed E-state index contributed by atoms with van der Waals surface area (Å²) in [6, 6.07) is 2.47. The maximum absolute atomic E-state index is 13.5. The molecule has 0 bridgehead atoms. The lowest BCUT2D eigenvalue weighted by Gasteiger charge is -2.31. The zero-order valence-electron chi connectivity index (χ0n) is 10.1. The van der Waals surface area contributed by atoms with E-state index in [-0.39, 0.29) is 29.7 Å². The van der Waals surface area contributed by atoms with Crippen LogP contribution in [0.15, 0.2) is 12.1 Å². The Morgan fingerprint density at radius 2 is 2.05 bits per heavy atom. The van der Waals surface area contributed by atoms with Crippen molar-refractivity contribution in [2.75, 3.05) is 26.0 Å². The molecule has 1 aromatic carbocycles. The van der Waals surface area contributed by atoms with E-state index >= 15 is 0 Å². The SMILES string of the molecule is CS(=O)(=O)N1CCO[C@H](c2cc(F)c(Cl)cc2Cl)C1. The lowest BCUT2D eigenvalue weighted by molar-refractivity contribution is -0.00243. The topological polar surface area (TPSA) is 46.6 Å². The molecule has 0 N–H and O–H groups in total. The molecule has 0 unspecified atom stereocenters. The van der Waals surface area contributed by atoms with Crippen LogP contribution in [0, 0.1) is 5.82 Å². The molecule has 4 nitrogen and oxygen atoms in total. The van der Waals surface area contributed by atoms with Crippen LogP contribution < -0.4 is 0 Å². The molecule has 1 atom stereocenters. The van der Waals surface area contributed by atoms with E-state index in [1.807, 2.05) is 0 Å². The third kappa shape index (κ3) is 3.38. The summed E-state index contributed by atoms with van der Waals surface area (Å²) in [5.41, 5.74) is 0.400. The van der Waals surface area contributed by atoms with Crippen LogP contribution in [0.1, 0.15) is 11.7 Å². The highest BCUT2D eigenvalue weighted by Gasteiger charge is 2.29. The smallest absolute Gasteiger partial charge is 0.211 e. The Hall–Kier alpha value is -0.400. The van der Waals surface area contributed by atoms with Gasteiger partial charge in [-0.15, -0.1) is 0 Å². The van der Waals surface area contributed by atoms with Crippen LogP contribution in [-0.2, 0) is 14.8 Å². The number of sulfonamides is 1. The standard InChI is InChI=1S/C11H12Cl2FNO3S/c1-19(16,17)15-2-3-18-11(6-15)7-4-10(14)9(13)5-8(7)12/h4-5,11H,2-3,6H2,1H3/t11-/m0/s1. The van der Waals surface area contributed by atoms with Crippen LogP contribution in [0.25, 0.3) is 0 Å². The zero-order valence-corrected chi connectivity index (χ0v) is 12.4. The van der Waals surface area contributed by atoms with Crippen molar-refractivity contribution in [2.24, 2.45) is 0 Å². The summed E-state index contributed by atoms with van der Waals surface area (Å²) in [5, 5.41) is 0.177. The fourth-order valence-corrected chi connectivity index (χ4v) is 3.22. The lowest BCUT2D eigenvalue weighted by Crippen LogP contribution is -2.41. The van der Waals surface area contributed by atoms with E-state index in [2.05, 4.69) is 0 Å². The maximum atomic E-state index is 13.5. The Bertz CT molecular complexity index is 594. The number of nitrogens with zero attached hydrogens (tertiary/aromatic N) is 1. The van der Waals surface area contributed by atoms with Crippen molar-refractivity contribution in [3.8, 4) is 0 Å². The van der Waals surface area contributed by atoms with Gasteiger partial charge in [-0.05, 0) is 12.1 Å². The van der Waals surface area contributed by atoms with Gasteiger partial charge < -0.3 is 4.74 Å². The summed E-state index contributed by atoms with van der Waals surface area (Å²) in [5.74, 6) is -0.610. The monoisotopic (exact) mass is 327 g/mol. The van der Waals surface area contributed by atoms with E-state index in [9.17, 15) is 12.8 Å². The van der Waals surface area contributed by atoms with Gasteiger partial charge in [-0.25, -0.2) is 12.8 Å². The van der Waals surface area contributed by atoms with Crippen molar-refractivity contribution in [3.05, 3.63) is 33.6 Å². The second-order valence-electron chi connectivity index (χ2n) is 4.27. The van der Waals surface area contributed by atoms with Gasteiger partial charge in [-0.3, -0.25) is 0 Å². The molecule has 1 heterocycles. The second kappa shape index (κ2) is 5.54. The summed E-state index contributed by atoms with van der Waals surface area (Å²) < 4.78 is 43.2. The van der Waals surface area contributed by atoms with Crippen molar-refractivity contribution < 1.29 is 17.5 Å². The van der Waals surface area contributed by atoms with E-state index < -0.39 is 21.9 Å². The molecule has 0 saturated carbocycles. The maximum Gasteiger partial charge on any atom is 0.211 e. The molecular formula is C11H12Cl2FNO3S. The molecule has 106 valence electrons. The Balaban J connectivity index is 2.30. The average molecular weight is 328 g/mol. The van der Waals surface area contributed by atoms with E-state index in [0.717, 1.165) is 6.26 Å². The van der Waals surface area contributed by atoms with Gasteiger partial charge >= 0.3 is 0 Å². The van der Waals surface area contributed by atoms with Gasteiger partial charge in [0.1, 0.15) is 5.82 Å². The molecule has 2 rings (SSSR count). The Morgan fingerprint density at radius 3 is 2.68 bits per heavy atom. The summed E-state index contributed by atoms with van der Waals surface area (Å²) >= 11 is 11.6. The molecule has 1 fully saturated rings. The van der Waals surface area contributed by atoms with E-state index in [4.69, 9.17) is 27.9 Å². The van der Waals surface area contributed by atoms with Crippen molar-refractivity contribution in [2.45, 2.75) is 6.10 Å². The second-order valence-corrected chi connectivity index (χ2v) is 7.07. The minimum atomic E-state index is -3.31. The fourth-order valence-electron chi connectivity index (χ4n) is 1.90. The molecule has 0 aromatic heterocycles. The van der Waals surface area contributed by atoms with Crippen molar-refractivity contribution in [3.63, 3.8) is 0 Å². The van der Waals surface area contributed by atoms with Crippen LogP contribution in [0.4, 0.5) is 4.39 Å². The largest absolute Gasteiger partial charge is 0.371 e. The van der Waals surface area contributed by atoms with Crippen molar-refractivity contribution in [1.82, 2.24) is 4.31 Å². The predicted molar refractivity (Wildman–Crippen MR) is 71.5 cm³/mol. The number of hydrogen-bond donors (Lipinski definition) is 0. The minimum absolute atomic E-state index is 0.0791. The summed E-state index contributed by atoms with van der Waals surface area (Å²) in [4.78, 5) is 0. The van der Waals surface area contributed by atoms with Gasteiger partial charge in [-0.2, -0.15) is 4.31 Å². The lowest BCUT2D eigenvalue weighted by atomic mass is 10.1. The first-order chi connectivity index (χ1) is 8.79. The quantitative estimate of drug-likeness (QED) is 0.784. The summed E-state index contributed by atoms with van der Waals surface area (Å²) in [6.45, 7) is 0.626. The van der Waals surface area contributed by atoms with Gasteiger partial charge in [0, 0.05) is 23.7 Å². The fraction of sp³-hybridized carbons (Fsp3) is 0.455. The average Bonchev–Trinajstić information content (AvgIpc) is 2.33. The number of ether oxygens (including phenoxy) is 1. The van der Waals surface area contributed by atoms with Gasteiger partial charge in [0.2, 0.25) is 10.0 Å². The van der Waals surface area contributed by atoms with E-state index in [1.54, 1.807) is 0 Å². The predicted octanol–water partition coefficient (Wildman–Crippen LogP) is 2.47. The first-order valence-electron chi connectivity index (χ1n) is 5.50. The zero-order chi connectivity index (χ0) is 14.2. The summed E-state index contributed by atoms with van der Waals surface area (Å²) in [7, 11) is -3.31. The van der Waals surface area contributed by atoms with Gasteiger partial charge in [0.15, 0.2) is 0 Å². The molecular weight excluding hydrogens is 316 g/mol. The number of rotatable bonds is 2. The minimum Gasteiger partial charge on any atom is -0.371 e. The molecule has 1 aliphatic heterocycles. The molecule has 1 aliphatic rings. The number of halogens is 3. The molecule has 0 radical (unpaired) electrons. The van der Waals surface area contributed by atoms with Crippen LogP contribution in [0.3, 0.4) is 0 Å². The van der Waals surface area contributed by atoms with Crippen LogP contribution in [0.5, 0.6) is 0 Å². The summed E-state index contributed by atoms with van der Waals surface area (Å²) in [6.07, 6.45) is 0.530. The van der Waals surface area contributed by atoms with Gasteiger partial charge in [0.05, 0.1) is 24.0 Å². The highest BCUT2D eigenvalue weighted by atomic mass is 35.5. The molecule has 0 amide bonds. The third-order valence-electron chi connectivity index (χ3n) is 2.88. The molecule has 1 saturated heterocycles. The highest BCUT2D eigenvalue weighted by Crippen LogP contribution is 2.32. The van der Waals surface area contributed by atoms with Gasteiger partial charge in [0.25, 0.3) is 0 Å². The molecule has 8 heteroatoms. The van der Waals surface area contributed by atoms with Crippen LogP contribution >= 0.6 is 23.2 Å². The Kier molecular flexibility index (Phi) is 4.37. The number of morpholine rings is 1. The first kappa shape index (κ1) is 15.0. The number of hydrogen-bond acceptors (Lipinski definition) is 3. The number of benzene rings is 1. The first-order valence-corrected chi connectivity index (χ1v) is 8.10. The molecule has 0 spiro atoms. The van der Waals surface area contributed by atoms with Crippen molar-refractivity contribution >= 4 is 33.2 Å². The van der Waals surface area contributed by atoms with Crippen molar-refractivity contribution in [1.29, 1.82) is 0 Å². The Morgan fingerprint density at radius 1 is 1.37 bits per heavy atom. The third-order valence-corrected chi connectivity index (χ3v) is 4.77. The molecule has 0 aliphatic carbocycles. The molecule has 19 heavy (non-hydrogen) atoms. The Labute approximate surface area is 121 Å². The molecule has 1 aromatic rings.